The van der Waals surface area contributed by atoms with Gasteiger partial charge in [0.25, 0.3) is 0 Å². The predicted molar refractivity (Wildman–Crippen MR) is 83.6 cm³/mol. The molecule has 0 amide bonds. The summed E-state index contributed by atoms with van der Waals surface area (Å²) >= 11 is 6.00. The van der Waals surface area contributed by atoms with Gasteiger partial charge in [-0.2, -0.15) is 0 Å². The molecule has 0 saturated carbocycles. The van der Waals surface area contributed by atoms with E-state index in [-0.39, 0.29) is 11.4 Å². The number of nitrogens with one attached hydrogen (secondary N) is 1. The Kier molecular flexibility index (Phi) is 3.54. The summed E-state index contributed by atoms with van der Waals surface area (Å²) in [4.78, 5) is 0. The Morgan fingerprint density at radius 2 is 2.10 bits per heavy atom. The molecule has 21 heavy (non-hydrogen) atoms. The molecule has 2 aromatic carbocycles. The molecule has 1 heterocycles. The minimum Gasteiger partial charge on any atom is -0.487 e. The number of anilines is 1. The highest BCUT2D eigenvalue weighted by Gasteiger charge is 2.29. The highest BCUT2D eigenvalue weighted by Crippen LogP contribution is 2.35. The first kappa shape index (κ1) is 14.2. The van der Waals surface area contributed by atoms with Gasteiger partial charge in [-0.3, -0.25) is 0 Å². The number of fused-ring (bicyclic) bond motifs is 1. The Labute approximate surface area is 128 Å². The molecule has 110 valence electrons. The largest absolute Gasteiger partial charge is 0.487 e. The SMILES string of the molecule is CC1(C)Cc2cc(CNc3c(F)cccc3Cl)ccc2O1. The second-order valence-electron chi connectivity index (χ2n) is 5.93. The van der Waals surface area contributed by atoms with Crippen LogP contribution in [0.2, 0.25) is 5.02 Å². The van der Waals surface area contributed by atoms with Crippen LogP contribution in [0, 0.1) is 5.82 Å². The molecule has 0 atom stereocenters. The average molecular weight is 306 g/mol. The van der Waals surface area contributed by atoms with E-state index in [4.69, 9.17) is 16.3 Å². The summed E-state index contributed by atoms with van der Waals surface area (Å²) in [6, 6.07) is 10.7. The topological polar surface area (TPSA) is 21.3 Å². The van der Waals surface area contributed by atoms with Crippen LogP contribution in [0.3, 0.4) is 0 Å². The van der Waals surface area contributed by atoms with Gasteiger partial charge in [0.2, 0.25) is 0 Å². The van der Waals surface area contributed by atoms with Gasteiger partial charge in [0.1, 0.15) is 17.2 Å². The zero-order valence-corrected chi connectivity index (χ0v) is 12.8. The van der Waals surface area contributed by atoms with Crippen LogP contribution in [-0.4, -0.2) is 5.60 Å². The number of halogens is 2. The Morgan fingerprint density at radius 3 is 2.86 bits per heavy atom. The van der Waals surface area contributed by atoms with Crippen molar-refractivity contribution in [1.29, 1.82) is 0 Å². The zero-order chi connectivity index (χ0) is 15.0. The van der Waals surface area contributed by atoms with Crippen molar-refractivity contribution in [2.24, 2.45) is 0 Å². The van der Waals surface area contributed by atoms with Crippen molar-refractivity contribution in [3.63, 3.8) is 0 Å². The molecular weight excluding hydrogens is 289 g/mol. The summed E-state index contributed by atoms with van der Waals surface area (Å²) in [7, 11) is 0. The molecule has 0 aromatic heterocycles. The molecule has 0 fully saturated rings. The van der Waals surface area contributed by atoms with E-state index in [9.17, 15) is 4.39 Å². The van der Waals surface area contributed by atoms with Crippen molar-refractivity contribution >= 4 is 17.3 Å². The van der Waals surface area contributed by atoms with Gasteiger partial charge in [-0.25, -0.2) is 4.39 Å². The Balaban J connectivity index is 1.76. The highest BCUT2D eigenvalue weighted by molar-refractivity contribution is 6.33. The highest BCUT2D eigenvalue weighted by atomic mass is 35.5. The monoisotopic (exact) mass is 305 g/mol. The van der Waals surface area contributed by atoms with Crippen LogP contribution >= 0.6 is 11.6 Å². The fraction of sp³-hybridized carbons (Fsp3) is 0.294. The fourth-order valence-corrected chi connectivity index (χ4v) is 2.86. The van der Waals surface area contributed by atoms with Crippen molar-refractivity contribution < 1.29 is 9.13 Å². The van der Waals surface area contributed by atoms with Crippen molar-refractivity contribution in [2.45, 2.75) is 32.4 Å². The minimum absolute atomic E-state index is 0.150. The maximum absolute atomic E-state index is 13.7. The first-order valence-electron chi connectivity index (χ1n) is 6.93. The fourth-order valence-electron chi connectivity index (χ4n) is 2.63. The van der Waals surface area contributed by atoms with Crippen LogP contribution in [0.1, 0.15) is 25.0 Å². The quantitative estimate of drug-likeness (QED) is 0.879. The summed E-state index contributed by atoms with van der Waals surface area (Å²) in [5.41, 5.74) is 2.47. The number of benzene rings is 2. The molecule has 0 spiro atoms. The maximum atomic E-state index is 13.7. The molecule has 0 saturated heterocycles. The number of para-hydroxylation sites is 1. The lowest BCUT2D eigenvalue weighted by Gasteiger charge is -2.16. The summed E-state index contributed by atoms with van der Waals surface area (Å²) in [5.74, 6) is 0.598. The third-order valence-electron chi connectivity index (χ3n) is 3.56. The molecule has 1 aliphatic heterocycles. The molecule has 0 aliphatic carbocycles. The molecule has 4 heteroatoms. The second kappa shape index (κ2) is 5.23. The molecule has 2 nitrogen and oxygen atoms in total. The molecule has 0 bridgehead atoms. The van der Waals surface area contributed by atoms with Crippen LogP contribution in [0.25, 0.3) is 0 Å². The Bertz CT molecular complexity index is 664. The van der Waals surface area contributed by atoms with Crippen LogP contribution in [0.4, 0.5) is 10.1 Å². The smallest absolute Gasteiger partial charge is 0.147 e. The lowest BCUT2D eigenvalue weighted by molar-refractivity contribution is 0.138. The number of hydrogen-bond donors (Lipinski definition) is 1. The summed E-state index contributed by atoms with van der Waals surface area (Å²) in [6.45, 7) is 4.67. The minimum atomic E-state index is -0.340. The lowest BCUT2D eigenvalue weighted by atomic mass is 10.0. The van der Waals surface area contributed by atoms with E-state index in [0.29, 0.717) is 17.3 Å². The van der Waals surface area contributed by atoms with Crippen molar-refractivity contribution in [1.82, 2.24) is 0 Å². The van der Waals surface area contributed by atoms with E-state index in [1.54, 1.807) is 12.1 Å². The van der Waals surface area contributed by atoms with E-state index in [0.717, 1.165) is 17.7 Å². The van der Waals surface area contributed by atoms with Gasteiger partial charge in [0.05, 0.1) is 10.7 Å². The molecule has 1 aliphatic rings. The molecule has 1 N–H and O–H groups in total. The standard InChI is InChI=1S/C17H17ClFNO/c1-17(2)9-12-8-11(6-7-15(12)21-17)10-20-16-13(18)4-3-5-14(16)19/h3-8,20H,9-10H2,1-2H3. The van der Waals surface area contributed by atoms with Gasteiger partial charge in [-0.15, -0.1) is 0 Å². The number of rotatable bonds is 3. The van der Waals surface area contributed by atoms with E-state index in [2.05, 4.69) is 25.2 Å². The third-order valence-corrected chi connectivity index (χ3v) is 3.87. The number of hydrogen-bond acceptors (Lipinski definition) is 2. The lowest BCUT2D eigenvalue weighted by Crippen LogP contribution is -2.24. The second-order valence-corrected chi connectivity index (χ2v) is 6.34. The van der Waals surface area contributed by atoms with E-state index in [1.807, 2.05) is 12.1 Å². The van der Waals surface area contributed by atoms with Gasteiger partial charge < -0.3 is 10.1 Å². The Morgan fingerprint density at radius 1 is 1.29 bits per heavy atom. The Hall–Kier alpha value is -1.74. The maximum Gasteiger partial charge on any atom is 0.147 e. The predicted octanol–water partition coefficient (Wildman–Crippen LogP) is 4.80. The first-order valence-corrected chi connectivity index (χ1v) is 7.31. The van der Waals surface area contributed by atoms with Crippen molar-refractivity contribution in [2.75, 3.05) is 5.32 Å². The van der Waals surface area contributed by atoms with Gasteiger partial charge >= 0.3 is 0 Å². The summed E-state index contributed by atoms with van der Waals surface area (Å²) in [6.07, 6.45) is 0.886. The van der Waals surface area contributed by atoms with Crippen LogP contribution < -0.4 is 10.1 Å². The molecule has 0 radical (unpaired) electrons. The van der Waals surface area contributed by atoms with Crippen LogP contribution in [0.5, 0.6) is 5.75 Å². The van der Waals surface area contributed by atoms with E-state index in [1.165, 1.54) is 11.6 Å². The van der Waals surface area contributed by atoms with E-state index < -0.39 is 0 Å². The van der Waals surface area contributed by atoms with Gasteiger partial charge in [-0.1, -0.05) is 29.8 Å². The average Bonchev–Trinajstić information content (AvgIpc) is 2.71. The van der Waals surface area contributed by atoms with Crippen molar-refractivity contribution in [3.05, 3.63) is 58.4 Å². The van der Waals surface area contributed by atoms with Gasteiger partial charge in [-0.05, 0) is 43.2 Å². The summed E-state index contributed by atoms with van der Waals surface area (Å²) in [5, 5.41) is 3.45. The van der Waals surface area contributed by atoms with Crippen LogP contribution in [-0.2, 0) is 13.0 Å². The molecule has 3 rings (SSSR count). The third kappa shape index (κ3) is 2.98. The van der Waals surface area contributed by atoms with Crippen molar-refractivity contribution in [3.8, 4) is 5.75 Å². The van der Waals surface area contributed by atoms with E-state index >= 15 is 0 Å². The molecule has 0 unspecified atom stereocenters. The molecular formula is C17H17ClFNO. The van der Waals surface area contributed by atoms with Gasteiger partial charge in [0.15, 0.2) is 0 Å². The zero-order valence-electron chi connectivity index (χ0n) is 12.0. The number of ether oxygens (including phenoxy) is 1. The molecule has 2 aromatic rings. The first-order chi connectivity index (χ1) is 9.94. The summed E-state index contributed by atoms with van der Waals surface area (Å²) < 4.78 is 19.6. The normalized spacial score (nSPS) is 15.4. The van der Waals surface area contributed by atoms with Gasteiger partial charge in [0, 0.05) is 13.0 Å². The van der Waals surface area contributed by atoms with Crippen LogP contribution in [0.15, 0.2) is 36.4 Å².